The first kappa shape index (κ1) is 33.0. The Morgan fingerprint density at radius 1 is 0.979 bits per heavy atom. The van der Waals surface area contributed by atoms with Gasteiger partial charge in [0.2, 0.25) is 0 Å². The number of aromatic nitrogens is 1. The number of benzene rings is 4. The maximum Gasteiger partial charge on any atom is 0.338 e. The van der Waals surface area contributed by atoms with E-state index in [1.54, 1.807) is 52.3 Å². The second-order valence-electron chi connectivity index (χ2n) is 10.9. The third-order valence-corrected chi connectivity index (χ3v) is 9.63. The number of carbonyl (C=O) groups is 1. The second kappa shape index (κ2) is 14.1. The van der Waals surface area contributed by atoms with Crippen molar-refractivity contribution in [1.82, 2.24) is 4.57 Å². The van der Waals surface area contributed by atoms with Gasteiger partial charge in [0.1, 0.15) is 24.1 Å². The normalized spacial score (nSPS) is 14.4. The summed E-state index contributed by atoms with van der Waals surface area (Å²) < 4.78 is 31.1. The molecule has 0 fully saturated rings. The lowest BCUT2D eigenvalue weighted by Gasteiger charge is -2.26. The van der Waals surface area contributed by atoms with Crippen LogP contribution < -0.4 is 33.8 Å². The van der Waals surface area contributed by atoms with E-state index in [-0.39, 0.29) is 17.7 Å². The molecule has 5 aromatic rings. The molecule has 1 atom stereocenters. The van der Waals surface area contributed by atoms with Gasteiger partial charge in [-0.1, -0.05) is 53.8 Å². The van der Waals surface area contributed by atoms with Crippen LogP contribution in [0.2, 0.25) is 0 Å². The lowest BCUT2D eigenvalue weighted by Crippen LogP contribution is -2.40. The van der Waals surface area contributed by atoms with Gasteiger partial charge in [0, 0.05) is 11.6 Å². The maximum absolute atomic E-state index is 14.2. The summed E-state index contributed by atoms with van der Waals surface area (Å²) in [6, 6.07) is 22.4. The topological polar surface area (TPSA) is 97.6 Å². The molecule has 0 saturated heterocycles. The molecule has 0 saturated carbocycles. The predicted octanol–water partition coefficient (Wildman–Crippen LogP) is 6.32. The first-order chi connectivity index (χ1) is 23.3. The first-order valence-electron chi connectivity index (χ1n) is 15.2. The number of nitrogens with zero attached hydrogens (tertiary/aromatic N) is 2. The third-order valence-electron chi connectivity index (χ3n) is 8.05. The Morgan fingerprint density at radius 2 is 1.75 bits per heavy atom. The fourth-order valence-electron chi connectivity index (χ4n) is 5.81. The van der Waals surface area contributed by atoms with Crippen LogP contribution in [-0.2, 0) is 16.1 Å². The molecule has 1 aromatic heterocycles. The highest BCUT2D eigenvalue weighted by molar-refractivity contribution is 9.10. The minimum Gasteiger partial charge on any atom is -0.497 e. The highest BCUT2D eigenvalue weighted by Crippen LogP contribution is 2.39. The number of allylic oxidation sites excluding steroid dienone is 1. The number of methoxy groups -OCH3 is 3. The number of rotatable bonds is 10. The molecule has 0 spiro atoms. The van der Waals surface area contributed by atoms with Crippen LogP contribution in [0.5, 0.6) is 23.0 Å². The second-order valence-corrected chi connectivity index (χ2v) is 12.7. The minimum absolute atomic E-state index is 0.171. The summed E-state index contributed by atoms with van der Waals surface area (Å²) in [5.41, 5.74) is 2.76. The molecule has 0 unspecified atom stereocenters. The minimum atomic E-state index is -0.838. The van der Waals surface area contributed by atoms with E-state index in [0.29, 0.717) is 60.2 Å². The van der Waals surface area contributed by atoms with Crippen LogP contribution in [0.1, 0.15) is 36.6 Å². The van der Waals surface area contributed by atoms with Gasteiger partial charge >= 0.3 is 5.97 Å². The molecule has 246 valence electrons. The molecule has 0 N–H and O–H groups in total. The molecule has 6 rings (SSSR count). The molecule has 2 heterocycles. The Balaban J connectivity index is 1.42. The first-order valence-corrected chi connectivity index (χ1v) is 16.8. The fourth-order valence-corrected chi connectivity index (χ4v) is 7.43. The molecule has 0 aliphatic carbocycles. The van der Waals surface area contributed by atoms with Gasteiger partial charge in [0.05, 0.1) is 48.2 Å². The number of ether oxygens (including phenoxy) is 5. The maximum atomic E-state index is 14.2. The molecule has 4 aromatic carbocycles. The van der Waals surface area contributed by atoms with Crippen LogP contribution in [0.4, 0.5) is 0 Å². The van der Waals surface area contributed by atoms with Crippen molar-refractivity contribution in [1.29, 1.82) is 0 Å². The Hall–Kier alpha value is -4.87. The van der Waals surface area contributed by atoms with Crippen molar-refractivity contribution in [2.24, 2.45) is 4.99 Å². The van der Waals surface area contributed by atoms with E-state index >= 15 is 0 Å². The summed E-state index contributed by atoms with van der Waals surface area (Å²) in [5, 5.41) is 2.26. The number of carbonyl (C=O) groups excluding carboxylic acids is 1. The summed E-state index contributed by atoms with van der Waals surface area (Å²) >= 11 is 4.89. The van der Waals surface area contributed by atoms with E-state index in [1.165, 1.54) is 23.0 Å². The Kier molecular flexibility index (Phi) is 9.70. The Labute approximate surface area is 289 Å². The van der Waals surface area contributed by atoms with Gasteiger partial charge in [-0.25, -0.2) is 9.79 Å². The molecule has 11 heteroatoms. The molecule has 0 bridgehead atoms. The van der Waals surface area contributed by atoms with Crippen molar-refractivity contribution in [3.05, 3.63) is 125 Å². The lowest BCUT2D eigenvalue weighted by molar-refractivity contribution is -0.139. The zero-order chi connectivity index (χ0) is 33.9. The highest BCUT2D eigenvalue weighted by atomic mass is 79.9. The molecule has 9 nitrogen and oxygen atoms in total. The van der Waals surface area contributed by atoms with Crippen molar-refractivity contribution in [2.45, 2.75) is 26.5 Å². The number of fused-ring (bicyclic) bond motifs is 2. The summed E-state index contributed by atoms with van der Waals surface area (Å²) in [6.45, 7) is 3.99. The van der Waals surface area contributed by atoms with Gasteiger partial charge in [-0.3, -0.25) is 9.36 Å². The Morgan fingerprint density at radius 3 is 2.50 bits per heavy atom. The van der Waals surface area contributed by atoms with Crippen molar-refractivity contribution < 1.29 is 28.5 Å². The van der Waals surface area contributed by atoms with Gasteiger partial charge in [0.15, 0.2) is 16.3 Å². The number of hydrogen-bond acceptors (Lipinski definition) is 9. The van der Waals surface area contributed by atoms with E-state index in [4.69, 9.17) is 23.7 Å². The quantitative estimate of drug-likeness (QED) is 0.155. The van der Waals surface area contributed by atoms with Gasteiger partial charge in [-0.2, -0.15) is 0 Å². The van der Waals surface area contributed by atoms with Gasteiger partial charge in [-0.05, 0) is 82.0 Å². The van der Waals surface area contributed by atoms with Crippen molar-refractivity contribution >= 4 is 50.1 Å². The van der Waals surface area contributed by atoms with E-state index in [2.05, 4.69) is 39.1 Å². The summed E-state index contributed by atoms with van der Waals surface area (Å²) in [4.78, 5) is 32.7. The number of esters is 1. The van der Waals surface area contributed by atoms with Crippen LogP contribution in [0.3, 0.4) is 0 Å². The number of halogens is 1. The molecule has 1 aliphatic rings. The summed E-state index contributed by atoms with van der Waals surface area (Å²) in [6.07, 6.45) is 1.78. The van der Waals surface area contributed by atoms with Gasteiger partial charge in [-0.15, -0.1) is 0 Å². The molecular weight excluding hydrogens is 696 g/mol. The summed E-state index contributed by atoms with van der Waals surface area (Å²) in [7, 11) is 4.66. The van der Waals surface area contributed by atoms with Crippen molar-refractivity contribution in [3.8, 4) is 23.0 Å². The largest absolute Gasteiger partial charge is 0.497 e. The van der Waals surface area contributed by atoms with Gasteiger partial charge in [0.25, 0.3) is 5.56 Å². The number of thiazole rings is 1. The molecular formula is C37H33BrN2O7S. The van der Waals surface area contributed by atoms with Crippen LogP contribution in [0, 0.1) is 0 Å². The monoisotopic (exact) mass is 728 g/mol. The smallest absolute Gasteiger partial charge is 0.338 e. The third kappa shape index (κ3) is 6.23. The van der Waals surface area contributed by atoms with Crippen LogP contribution in [-0.4, -0.2) is 38.5 Å². The van der Waals surface area contributed by atoms with E-state index in [1.807, 2.05) is 36.4 Å². The lowest BCUT2D eigenvalue weighted by atomic mass is 9.95. The molecule has 0 radical (unpaired) electrons. The standard InChI is InChI=1S/C37H33BrN2O7S/c1-6-46-36(42)32-21(2)39-37-40(33(32)27-15-14-25(43-3)19-29(27)44-4)35(41)31(48-37)18-22-16-28(38)34(30(17-22)45-5)47-20-24-12-9-11-23-10-7-8-13-26(23)24/h7-19,33H,6,20H2,1-5H3/b31-18-/t33-/m1/s1. The van der Waals surface area contributed by atoms with Gasteiger partial charge < -0.3 is 23.7 Å². The highest BCUT2D eigenvalue weighted by Gasteiger charge is 2.35. The van der Waals surface area contributed by atoms with Crippen molar-refractivity contribution in [3.63, 3.8) is 0 Å². The van der Waals surface area contributed by atoms with Crippen LogP contribution in [0.25, 0.3) is 16.8 Å². The van der Waals surface area contributed by atoms with E-state index < -0.39 is 12.0 Å². The van der Waals surface area contributed by atoms with Crippen LogP contribution >= 0.6 is 27.3 Å². The van der Waals surface area contributed by atoms with Crippen LogP contribution in [0.15, 0.2) is 98.3 Å². The van der Waals surface area contributed by atoms with E-state index in [0.717, 1.165) is 16.3 Å². The van der Waals surface area contributed by atoms with Crippen molar-refractivity contribution in [2.75, 3.05) is 27.9 Å². The molecule has 48 heavy (non-hydrogen) atoms. The molecule has 1 aliphatic heterocycles. The zero-order valence-corrected chi connectivity index (χ0v) is 29.4. The average Bonchev–Trinajstić information content (AvgIpc) is 3.40. The zero-order valence-electron chi connectivity index (χ0n) is 27.0. The average molecular weight is 730 g/mol. The van der Waals surface area contributed by atoms with E-state index in [9.17, 15) is 9.59 Å². The predicted molar refractivity (Wildman–Crippen MR) is 189 cm³/mol. The SMILES string of the molecule is CCOC(=O)C1=C(C)N=c2s/c(=C\c3cc(Br)c(OCc4cccc5ccccc45)c(OC)c3)c(=O)n2[C@@H]1c1ccc(OC)cc1OC. The fraction of sp³-hybridized carbons (Fsp3) is 0.216. The summed E-state index contributed by atoms with van der Waals surface area (Å²) in [5.74, 6) is 1.53. The number of hydrogen-bond donors (Lipinski definition) is 0. The Bertz CT molecular complexity index is 2250. The molecule has 0 amide bonds.